The first-order chi connectivity index (χ1) is 15.2. The summed E-state index contributed by atoms with van der Waals surface area (Å²) in [6.45, 7) is 5.69. The molecule has 2 heterocycles. The van der Waals surface area contributed by atoms with Crippen LogP contribution in [0.5, 0.6) is 5.75 Å². The Kier molecular flexibility index (Phi) is 4.75. The summed E-state index contributed by atoms with van der Waals surface area (Å²) in [5.41, 5.74) is 3.25. The number of nitrogens with zero attached hydrogens (tertiary/aromatic N) is 2. The molecule has 3 aromatic carbocycles. The summed E-state index contributed by atoms with van der Waals surface area (Å²) in [7, 11) is 6.12. The van der Waals surface area contributed by atoms with Crippen molar-refractivity contribution < 1.29 is 4.74 Å². The zero-order chi connectivity index (χ0) is 22.6. The van der Waals surface area contributed by atoms with Crippen LogP contribution < -0.4 is 15.5 Å². The Morgan fingerprint density at radius 3 is 2.53 bits per heavy atom. The normalized spacial score (nSPS) is 14.8. The second-order valence-corrected chi connectivity index (χ2v) is 9.43. The van der Waals surface area contributed by atoms with Crippen molar-refractivity contribution in [3.8, 4) is 5.75 Å². The molecule has 5 nitrogen and oxygen atoms in total. The monoisotopic (exact) mass is 427 g/mol. The highest BCUT2D eigenvalue weighted by Crippen LogP contribution is 2.40. The molecule has 0 radical (unpaired) electrons. The number of likely N-dealkylation sites (N-methyl/N-ethyl adjacent to an activating group) is 1. The molecule has 1 aromatic heterocycles. The van der Waals surface area contributed by atoms with Gasteiger partial charge < -0.3 is 19.5 Å². The van der Waals surface area contributed by atoms with Gasteiger partial charge in [-0.25, -0.2) is 0 Å². The maximum atomic E-state index is 13.9. The average Bonchev–Trinajstić information content (AvgIpc) is 2.74. The first kappa shape index (κ1) is 20.6. The first-order valence-corrected chi connectivity index (χ1v) is 11.0. The molecule has 0 spiro atoms. The molecule has 0 amide bonds. The number of pyridine rings is 1. The van der Waals surface area contributed by atoms with Crippen molar-refractivity contribution in [3.63, 3.8) is 0 Å². The largest absolute Gasteiger partial charge is 0.483 e. The number of hydrogen-bond donors (Lipinski definition) is 1. The van der Waals surface area contributed by atoms with Gasteiger partial charge in [0.2, 0.25) is 0 Å². The third-order valence-electron chi connectivity index (χ3n) is 6.23. The van der Waals surface area contributed by atoms with E-state index in [2.05, 4.69) is 45.1 Å². The van der Waals surface area contributed by atoms with Gasteiger partial charge in [0.05, 0.1) is 22.1 Å². The fourth-order valence-electron chi connectivity index (χ4n) is 4.58. The molecule has 0 unspecified atom stereocenters. The van der Waals surface area contributed by atoms with Crippen LogP contribution in [0.2, 0.25) is 0 Å². The van der Waals surface area contributed by atoms with Crippen molar-refractivity contribution in [2.24, 2.45) is 7.05 Å². The molecule has 0 saturated carbocycles. The zero-order valence-electron chi connectivity index (χ0n) is 19.3. The number of rotatable bonds is 4. The van der Waals surface area contributed by atoms with Crippen molar-refractivity contribution in [2.45, 2.75) is 19.4 Å². The van der Waals surface area contributed by atoms with Crippen LogP contribution in [-0.4, -0.2) is 42.3 Å². The number of aromatic nitrogens is 1. The van der Waals surface area contributed by atoms with E-state index in [9.17, 15) is 4.79 Å². The summed E-state index contributed by atoms with van der Waals surface area (Å²) in [5.74, 6) is 0.799. The van der Waals surface area contributed by atoms with E-state index in [4.69, 9.17) is 4.74 Å². The highest BCUT2D eigenvalue weighted by Gasteiger charge is 2.26. The number of fused-ring (bicyclic) bond motifs is 5. The van der Waals surface area contributed by atoms with Gasteiger partial charge in [-0.2, -0.15) is 0 Å². The summed E-state index contributed by atoms with van der Waals surface area (Å²) >= 11 is 0. The van der Waals surface area contributed by atoms with Crippen LogP contribution in [0.15, 0.2) is 53.3 Å². The van der Waals surface area contributed by atoms with Crippen LogP contribution >= 0.6 is 0 Å². The van der Waals surface area contributed by atoms with Gasteiger partial charge in [-0.3, -0.25) is 4.79 Å². The van der Waals surface area contributed by atoms with Gasteiger partial charge in [-0.15, -0.1) is 0 Å². The molecular formula is C27H29N3O2. The molecular weight excluding hydrogens is 398 g/mol. The third-order valence-corrected chi connectivity index (χ3v) is 6.23. The lowest BCUT2D eigenvalue weighted by molar-refractivity contribution is 0.159. The molecule has 1 aliphatic heterocycles. The molecule has 0 bridgehead atoms. The Morgan fingerprint density at radius 1 is 1.09 bits per heavy atom. The molecule has 4 aromatic rings. The summed E-state index contributed by atoms with van der Waals surface area (Å²) < 4.78 is 8.46. The Balaban J connectivity index is 1.87. The molecule has 0 atom stereocenters. The van der Waals surface area contributed by atoms with Crippen molar-refractivity contribution in [1.29, 1.82) is 0 Å². The van der Waals surface area contributed by atoms with Gasteiger partial charge in [-0.1, -0.05) is 24.3 Å². The first-order valence-electron chi connectivity index (χ1n) is 11.0. The van der Waals surface area contributed by atoms with Crippen LogP contribution in [0.25, 0.3) is 38.7 Å². The van der Waals surface area contributed by atoms with Crippen LogP contribution in [0.4, 0.5) is 5.69 Å². The van der Waals surface area contributed by atoms with E-state index in [-0.39, 0.29) is 5.43 Å². The fourth-order valence-corrected chi connectivity index (χ4v) is 4.58. The van der Waals surface area contributed by atoms with Crippen molar-refractivity contribution in [2.75, 3.05) is 32.5 Å². The van der Waals surface area contributed by atoms with E-state index < -0.39 is 5.60 Å². The van der Waals surface area contributed by atoms with Crippen LogP contribution in [0.1, 0.15) is 19.4 Å². The van der Waals surface area contributed by atoms with Crippen molar-refractivity contribution in [1.82, 2.24) is 9.47 Å². The second kappa shape index (κ2) is 7.38. The molecule has 1 aliphatic rings. The Bertz CT molecular complexity index is 1460. The molecule has 5 rings (SSSR count). The lowest BCUT2D eigenvalue weighted by atomic mass is 9.96. The third kappa shape index (κ3) is 3.33. The number of ether oxygens (including phenoxy) is 1. The predicted octanol–water partition coefficient (Wildman–Crippen LogP) is 5.00. The standard InChI is InChI=1S/C27H29N3O2/c1-27(2)11-10-19-23(32-27)16-21(28-12-13-29(3)4)24-25(19)30(5)22-15-18-9-7-6-8-17(18)14-20(22)26(24)31/h6-11,14-16,28H,12-13H2,1-5H3. The lowest BCUT2D eigenvalue weighted by Crippen LogP contribution is -2.28. The Labute approximate surface area is 187 Å². The van der Waals surface area contributed by atoms with Crippen molar-refractivity contribution >= 4 is 44.3 Å². The van der Waals surface area contributed by atoms with Gasteiger partial charge in [0, 0.05) is 37.2 Å². The molecule has 0 fully saturated rings. The molecule has 164 valence electrons. The number of hydrogen-bond acceptors (Lipinski definition) is 4. The van der Waals surface area contributed by atoms with E-state index in [0.717, 1.165) is 57.3 Å². The van der Waals surface area contributed by atoms with E-state index in [1.807, 2.05) is 59.3 Å². The van der Waals surface area contributed by atoms with E-state index >= 15 is 0 Å². The van der Waals surface area contributed by atoms with E-state index in [1.54, 1.807) is 0 Å². The maximum Gasteiger partial charge on any atom is 0.199 e. The smallest absolute Gasteiger partial charge is 0.199 e. The number of aryl methyl sites for hydroxylation is 1. The summed E-state index contributed by atoms with van der Waals surface area (Å²) in [5, 5.41) is 7.14. The zero-order valence-corrected chi connectivity index (χ0v) is 19.3. The maximum absolute atomic E-state index is 13.9. The minimum atomic E-state index is -0.395. The molecule has 32 heavy (non-hydrogen) atoms. The van der Waals surface area contributed by atoms with Crippen LogP contribution in [0.3, 0.4) is 0 Å². The van der Waals surface area contributed by atoms with Gasteiger partial charge in [0.25, 0.3) is 0 Å². The summed E-state index contributed by atoms with van der Waals surface area (Å²) in [6, 6.07) is 14.3. The van der Waals surface area contributed by atoms with Gasteiger partial charge >= 0.3 is 0 Å². The fraction of sp³-hybridized carbons (Fsp3) is 0.296. The van der Waals surface area contributed by atoms with Crippen LogP contribution in [-0.2, 0) is 7.05 Å². The molecule has 0 aliphatic carbocycles. The Morgan fingerprint density at radius 2 is 1.81 bits per heavy atom. The van der Waals surface area contributed by atoms with Gasteiger partial charge in [0.15, 0.2) is 5.43 Å². The lowest BCUT2D eigenvalue weighted by Gasteiger charge is -2.30. The molecule has 0 saturated heterocycles. The van der Waals surface area contributed by atoms with E-state index in [1.165, 1.54) is 0 Å². The average molecular weight is 428 g/mol. The predicted molar refractivity (Wildman–Crippen MR) is 135 cm³/mol. The van der Waals surface area contributed by atoms with Crippen LogP contribution in [0, 0.1) is 0 Å². The minimum absolute atomic E-state index is 0.0484. The topological polar surface area (TPSA) is 46.5 Å². The Hall–Kier alpha value is -3.31. The molecule has 5 heteroatoms. The highest BCUT2D eigenvalue weighted by atomic mass is 16.5. The number of benzene rings is 3. The molecule has 1 N–H and O–H groups in total. The number of nitrogens with one attached hydrogen (secondary N) is 1. The summed E-state index contributed by atoms with van der Waals surface area (Å²) in [4.78, 5) is 16.0. The minimum Gasteiger partial charge on any atom is -0.483 e. The second-order valence-electron chi connectivity index (χ2n) is 9.43. The van der Waals surface area contributed by atoms with Gasteiger partial charge in [0.1, 0.15) is 11.4 Å². The van der Waals surface area contributed by atoms with Crippen molar-refractivity contribution in [3.05, 3.63) is 64.3 Å². The van der Waals surface area contributed by atoms with Gasteiger partial charge in [-0.05, 0) is 63.0 Å². The quantitative estimate of drug-likeness (QED) is 0.466. The highest BCUT2D eigenvalue weighted by molar-refractivity contribution is 6.07. The number of anilines is 1. The van der Waals surface area contributed by atoms with E-state index in [0.29, 0.717) is 5.39 Å². The summed E-state index contributed by atoms with van der Waals surface area (Å²) in [6.07, 6.45) is 4.15. The SMILES string of the molecule is CN(C)CCNc1cc2c(c3c1c(=O)c1cc4ccccc4cc1n3C)C=CC(C)(C)O2.